The van der Waals surface area contributed by atoms with Crippen molar-refractivity contribution in [1.82, 2.24) is 0 Å². The highest BCUT2D eigenvalue weighted by Gasteiger charge is 2.24. The molecule has 14 heavy (non-hydrogen) atoms. The van der Waals surface area contributed by atoms with E-state index < -0.39 is 15.5 Å². The van der Waals surface area contributed by atoms with E-state index >= 15 is 0 Å². The fraction of sp³-hybridized carbons (Fsp3) is 0.125. The van der Waals surface area contributed by atoms with E-state index in [4.69, 9.17) is 4.55 Å². The van der Waals surface area contributed by atoms with Gasteiger partial charge in [-0.3, -0.25) is 9.55 Å². The summed E-state index contributed by atoms with van der Waals surface area (Å²) in [5.74, 6) is 0. The van der Waals surface area contributed by atoms with Crippen molar-refractivity contribution in [3.8, 4) is 0 Å². The summed E-state index contributed by atoms with van der Waals surface area (Å²) in [4.78, 5) is 3.91. The summed E-state index contributed by atoms with van der Waals surface area (Å²) in [6.07, 6.45) is 1.16. The Balaban J connectivity index is 2.40. The van der Waals surface area contributed by atoms with Gasteiger partial charge in [-0.05, 0) is 12.1 Å². The Kier molecular flexibility index (Phi) is 2.01. The second-order valence-corrected chi connectivity index (χ2v) is 4.41. The molecule has 1 aromatic carbocycles. The van der Waals surface area contributed by atoms with Crippen molar-refractivity contribution in [2.24, 2.45) is 4.99 Å². The number of anilines is 1. The minimum atomic E-state index is -4.13. The van der Waals surface area contributed by atoms with Crippen LogP contribution >= 0.6 is 0 Å². The van der Waals surface area contributed by atoms with Gasteiger partial charge in [-0.1, -0.05) is 12.1 Å². The van der Waals surface area contributed by atoms with Crippen LogP contribution < -0.4 is 5.32 Å². The second-order valence-electron chi connectivity index (χ2n) is 2.88. The fourth-order valence-corrected chi connectivity index (χ4v) is 1.69. The molecule has 0 radical (unpaired) electrons. The van der Waals surface area contributed by atoms with E-state index in [0.717, 1.165) is 6.21 Å². The number of hydrogen-bond donors (Lipinski definition) is 2. The van der Waals surface area contributed by atoms with Crippen molar-refractivity contribution < 1.29 is 13.0 Å². The molecule has 1 aromatic rings. The van der Waals surface area contributed by atoms with Gasteiger partial charge in [0.15, 0.2) is 5.37 Å². The minimum absolute atomic E-state index is 0.595. The average molecular weight is 212 g/mol. The molecule has 2 rings (SSSR count). The Morgan fingerprint density at radius 3 is 2.79 bits per heavy atom. The first-order chi connectivity index (χ1) is 6.57. The van der Waals surface area contributed by atoms with Crippen LogP contribution in [0.5, 0.6) is 0 Å². The molecule has 0 bridgehead atoms. The van der Waals surface area contributed by atoms with Gasteiger partial charge < -0.3 is 5.32 Å². The maximum absolute atomic E-state index is 10.8. The number of benzene rings is 1. The van der Waals surface area contributed by atoms with Crippen LogP contribution in [0.15, 0.2) is 29.3 Å². The molecular weight excluding hydrogens is 204 g/mol. The molecule has 2 N–H and O–H groups in total. The minimum Gasteiger partial charge on any atom is -0.361 e. The van der Waals surface area contributed by atoms with Crippen LogP contribution in [-0.2, 0) is 10.1 Å². The maximum Gasteiger partial charge on any atom is 0.291 e. The Hall–Kier alpha value is -1.40. The summed E-state index contributed by atoms with van der Waals surface area (Å²) in [5.41, 5.74) is 1.25. The lowest BCUT2D eigenvalue weighted by molar-refractivity contribution is 0.481. The van der Waals surface area contributed by atoms with Crippen molar-refractivity contribution in [1.29, 1.82) is 0 Å². The molecule has 0 spiro atoms. The Morgan fingerprint density at radius 1 is 1.36 bits per heavy atom. The third-order valence-corrected chi connectivity index (χ3v) is 2.75. The fourth-order valence-electron chi connectivity index (χ4n) is 1.20. The van der Waals surface area contributed by atoms with Crippen molar-refractivity contribution in [3.63, 3.8) is 0 Å². The highest BCUT2D eigenvalue weighted by Crippen LogP contribution is 2.27. The first-order valence-electron chi connectivity index (χ1n) is 3.93. The Morgan fingerprint density at radius 2 is 2.07 bits per heavy atom. The maximum atomic E-state index is 10.8. The number of fused-ring (bicyclic) bond motifs is 1. The first kappa shape index (κ1) is 9.17. The van der Waals surface area contributed by atoms with Crippen molar-refractivity contribution in [3.05, 3.63) is 24.3 Å². The summed E-state index contributed by atoms with van der Waals surface area (Å²) < 4.78 is 30.4. The molecule has 6 heteroatoms. The van der Waals surface area contributed by atoms with E-state index in [1.54, 1.807) is 24.3 Å². The van der Waals surface area contributed by atoms with E-state index in [0.29, 0.717) is 11.4 Å². The van der Waals surface area contributed by atoms with Gasteiger partial charge in [0.2, 0.25) is 0 Å². The zero-order valence-electron chi connectivity index (χ0n) is 7.08. The zero-order chi connectivity index (χ0) is 10.2. The van der Waals surface area contributed by atoms with E-state index in [1.807, 2.05) is 0 Å². The summed E-state index contributed by atoms with van der Waals surface area (Å²) in [6.45, 7) is 0. The number of rotatable bonds is 1. The summed E-state index contributed by atoms with van der Waals surface area (Å²) in [6, 6.07) is 7.00. The van der Waals surface area contributed by atoms with Gasteiger partial charge in [0, 0.05) is 6.21 Å². The van der Waals surface area contributed by atoms with Crippen LogP contribution in [0.4, 0.5) is 11.4 Å². The molecule has 0 aliphatic carbocycles. The SMILES string of the molecule is O=S(=O)(O)C1C=Nc2ccccc2N1. The van der Waals surface area contributed by atoms with Crippen LogP contribution in [0.25, 0.3) is 0 Å². The van der Waals surface area contributed by atoms with Gasteiger partial charge in [0.25, 0.3) is 10.1 Å². The lowest BCUT2D eigenvalue weighted by atomic mass is 10.2. The summed E-state index contributed by atoms with van der Waals surface area (Å²) in [5, 5.41) is 1.49. The quantitative estimate of drug-likeness (QED) is 0.681. The highest BCUT2D eigenvalue weighted by molar-refractivity contribution is 7.87. The molecule has 1 heterocycles. The number of aliphatic imine (C=N–C) groups is 1. The van der Waals surface area contributed by atoms with Gasteiger partial charge in [-0.25, -0.2) is 0 Å². The molecule has 1 unspecified atom stereocenters. The normalized spacial score (nSPS) is 19.9. The number of hydrogen-bond acceptors (Lipinski definition) is 4. The van der Waals surface area contributed by atoms with Gasteiger partial charge in [0.05, 0.1) is 11.4 Å². The molecule has 74 valence electrons. The largest absolute Gasteiger partial charge is 0.361 e. The predicted octanol–water partition coefficient (Wildman–Crippen LogP) is 1.03. The second kappa shape index (κ2) is 3.07. The molecule has 1 aliphatic heterocycles. The molecular formula is C8H8N2O3S. The smallest absolute Gasteiger partial charge is 0.291 e. The van der Waals surface area contributed by atoms with E-state index in [-0.39, 0.29) is 0 Å². The average Bonchev–Trinajstić information content (AvgIpc) is 2.16. The Bertz CT molecular complexity index is 481. The third-order valence-electron chi connectivity index (χ3n) is 1.87. The van der Waals surface area contributed by atoms with E-state index in [2.05, 4.69) is 10.3 Å². The first-order valence-corrected chi connectivity index (χ1v) is 5.44. The standard InChI is InChI=1S/C8H8N2O3S/c11-14(12,13)8-5-9-6-3-1-2-4-7(6)10-8/h1-5,8,10H,(H,11,12,13). The van der Waals surface area contributed by atoms with Crippen LogP contribution in [0.1, 0.15) is 0 Å². The predicted molar refractivity (Wildman–Crippen MR) is 53.6 cm³/mol. The van der Waals surface area contributed by atoms with Crippen molar-refractivity contribution in [2.45, 2.75) is 5.37 Å². The van der Waals surface area contributed by atoms with Gasteiger partial charge in [-0.2, -0.15) is 8.42 Å². The van der Waals surface area contributed by atoms with Crippen LogP contribution in [0.2, 0.25) is 0 Å². The molecule has 0 saturated heterocycles. The number of nitrogens with one attached hydrogen (secondary N) is 1. The van der Waals surface area contributed by atoms with E-state index in [1.165, 1.54) is 0 Å². The number of nitrogens with zero attached hydrogens (tertiary/aromatic N) is 1. The molecule has 1 atom stereocenters. The lowest BCUT2D eigenvalue weighted by Gasteiger charge is -2.18. The summed E-state index contributed by atoms with van der Waals surface area (Å²) in [7, 11) is -4.13. The molecule has 0 saturated carbocycles. The van der Waals surface area contributed by atoms with Crippen LogP contribution in [0.3, 0.4) is 0 Å². The lowest BCUT2D eigenvalue weighted by Crippen LogP contribution is -2.32. The van der Waals surface area contributed by atoms with Crippen molar-refractivity contribution in [2.75, 3.05) is 5.32 Å². The van der Waals surface area contributed by atoms with Gasteiger partial charge in [-0.15, -0.1) is 0 Å². The third kappa shape index (κ3) is 1.61. The monoisotopic (exact) mass is 212 g/mol. The van der Waals surface area contributed by atoms with Crippen LogP contribution in [0, 0.1) is 0 Å². The van der Waals surface area contributed by atoms with Gasteiger partial charge in [0.1, 0.15) is 0 Å². The van der Waals surface area contributed by atoms with E-state index in [9.17, 15) is 8.42 Å². The number of para-hydroxylation sites is 2. The van der Waals surface area contributed by atoms with Crippen molar-refractivity contribution >= 4 is 27.7 Å². The topological polar surface area (TPSA) is 78.8 Å². The molecule has 0 aromatic heterocycles. The van der Waals surface area contributed by atoms with Crippen LogP contribution in [-0.4, -0.2) is 24.6 Å². The Labute approximate surface area is 81.2 Å². The molecule has 1 aliphatic rings. The molecule has 5 nitrogen and oxygen atoms in total. The summed E-state index contributed by atoms with van der Waals surface area (Å²) >= 11 is 0. The molecule has 0 amide bonds. The molecule has 0 fully saturated rings. The highest BCUT2D eigenvalue weighted by atomic mass is 32.2. The van der Waals surface area contributed by atoms with Gasteiger partial charge >= 0.3 is 0 Å². The zero-order valence-corrected chi connectivity index (χ0v) is 7.90.